The molecule has 0 radical (unpaired) electrons. The molecular formula is C10H14ClN3O2. The lowest BCUT2D eigenvalue weighted by molar-refractivity contribution is 0.203. The van der Waals surface area contributed by atoms with Crippen molar-refractivity contribution in [3.63, 3.8) is 0 Å². The molecule has 0 aliphatic heterocycles. The summed E-state index contributed by atoms with van der Waals surface area (Å²) in [4.78, 5) is 8.45. The van der Waals surface area contributed by atoms with Crippen LogP contribution in [0.25, 0.3) is 0 Å². The van der Waals surface area contributed by atoms with E-state index in [0.717, 1.165) is 18.7 Å². The van der Waals surface area contributed by atoms with E-state index in [1.807, 2.05) is 0 Å². The number of aliphatic hydroxyl groups excluding tert-OH is 2. The number of nitrogens with zero attached hydrogens (tertiary/aromatic N) is 2. The maximum atomic E-state index is 8.95. The Kier molecular flexibility index (Phi) is 3.58. The molecule has 0 saturated heterocycles. The van der Waals surface area contributed by atoms with E-state index in [1.54, 1.807) is 6.07 Å². The zero-order valence-electron chi connectivity index (χ0n) is 8.73. The van der Waals surface area contributed by atoms with E-state index >= 15 is 0 Å². The monoisotopic (exact) mass is 243 g/mol. The van der Waals surface area contributed by atoms with Gasteiger partial charge in [-0.3, -0.25) is 0 Å². The van der Waals surface area contributed by atoms with Gasteiger partial charge in [0.05, 0.1) is 19.3 Å². The largest absolute Gasteiger partial charge is 0.394 e. The quantitative estimate of drug-likeness (QED) is 0.666. The molecule has 2 rings (SSSR count). The number of nitrogens with one attached hydrogen (secondary N) is 1. The van der Waals surface area contributed by atoms with E-state index in [9.17, 15) is 0 Å². The zero-order valence-corrected chi connectivity index (χ0v) is 9.48. The van der Waals surface area contributed by atoms with Gasteiger partial charge in [-0.15, -0.1) is 0 Å². The van der Waals surface area contributed by atoms with E-state index in [0.29, 0.717) is 16.9 Å². The van der Waals surface area contributed by atoms with Crippen molar-refractivity contribution in [2.24, 2.45) is 0 Å². The third kappa shape index (κ3) is 2.81. The van der Waals surface area contributed by atoms with Crippen LogP contribution in [0.5, 0.6) is 0 Å². The van der Waals surface area contributed by atoms with Crippen LogP contribution < -0.4 is 5.32 Å². The Bertz CT molecular complexity index is 367. The van der Waals surface area contributed by atoms with E-state index in [2.05, 4.69) is 15.3 Å². The lowest BCUT2D eigenvalue weighted by Gasteiger charge is -2.14. The Hall–Kier alpha value is -0.910. The van der Waals surface area contributed by atoms with Crippen LogP contribution in [0.2, 0.25) is 5.15 Å². The fraction of sp³-hybridized carbons (Fsp3) is 0.600. The van der Waals surface area contributed by atoms with Crippen LogP contribution in [0.1, 0.15) is 24.6 Å². The van der Waals surface area contributed by atoms with Crippen LogP contribution in [0.15, 0.2) is 6.07 Å². The maximum absolute atomic E-state index is 8.95. The first-order chi connectivity index (χ1) is 7.72. The van der Waals surface area contributed by atoms with Crippen molar-refractivity contribution in [1.82, 2.24) is 9.97 Å². The van der Waals surface area contributed by atoms with Gasteiger partial charge in [0.15, 0.2) is 0 Å². The first-order valence-corrected chi connectivity index (χ1v) is 5.63. The van der Waals surface area contributed by atoms with E-state index < -0.39 is 6.04 Å². The molecule has 16 heavy (non-hydrogen) atoms. The molecule has 1 aliphatic carbocycles. The van der Waals surface area contributed by atoms with Gasteiger partial charge in [0.25, 0.3) is 0 Å². The fourth-order valence-corrected chi connectivity index (χ4v) is 1.58. The Balaban J connectivity index is 2.13. The summed E-state index contributed by atoms with van der Waals surface area (Å²) in [7, 11) is 0. The summed E-state index contributed by atoms with van der Waals surface area (Å²) in [5.74, 6) is 1.71. The van der Waals surface area contributed by atoms with Gasteiger partial charge in [0.1, 0.15) is 16.8 Å². The lowest BCUT2D eigenvalue weighted by atomic mass is 10.3. The number of hydrogen-bond donors (Lipinski definition) is 3. The molecule has 0 unspecified atom stereocenters. The minimum atomic E-state index is -0.419. The van der Waals surface area contributed by atoms with Gasteiger partial charge >= 0.3 is 0 Å². The molecule has 3 N–H and O–H groups in total. The third-order valence-electron chi connectivity index (χ3n) is 2.45. The highest BCUT2D eigenvalue weighted by molar-refractivity contribution is 6.29. The molecule has 1 aliphatic rings. The van der Waals surface area contributed by atoms with Gasteiger partial charge < -0.3 is 15.5 Å². The minimum absolute atomic E-state index is 0.156. The van der Waals surface area contributed by atoms with Gasteiger partial charge in [0.2, 0.25) is 0 Å². The highest BCUT2D eigenvalue weighted by Gasteiger charge is 2.27. The molecule has 1 heterocycles. The molecule has 1 saturated carbocycles. The van der Waals surface area contributed by atoms with Crippen LogP contribution in [-0.4, -0.2) is 39.4 Å². The average molecular weight is 244 g/mol. The van der Waals surface area contributed by atoms with E-state index in [-0.39, 0.29) is 13.2 Å². The molecule has 0 aromatic carbocycles. The standard InChI is InChI=1S/C10H14ClN3O2/c11-8-3-9(12-7(4-15)5-16)14-10(13-8)6-1-2-6/h3,6-7,15-16H,1-2,4-5H2,(H,12,13,14). The molecule has 0 spiro atoms. The van der Waals surface area contributed by atoms with Crippen molar-refractivity contribution in [3.05, 3.63) is 17.0 Å². The van der Waals surface area contributed by atoms with Crippen LogP contribution in [-0.2, 0) is 0 Å². The van der Waals surface area contributed by atoms with Crippen LogP contribution in [0.3, 0.4) is 0 Å². The number of hydrogen-bond acceptors (Lipinski definition) is 5. The maximum Gasteiger partial charge on any atom is 0.135 e. The van der Waals surface area contributed by atoms with Gasteiger partial charge in [0, 0.05) is 12.0 Å². The highest BCUT2D eigenvalue weighted by Crippen LogP contribution is 2.38. The van der Waals surface area contributed by atoms with E-state index in [4.69, 9.17) is 21.8 Å². The second-order valence-corrected chi connectivity index (χ2v) is 4.30. The number of halogens is 1. The summed E-state index contributed by atoms with van der Waals surface area (Å²) in [5, 5.41) is 21.2. The summed E-state index contributed by atoms with van der Waals surface area (Å²) in [6, 6.07) is 1.17. The fourth-order valence-electron chi connectivity index (χ4n) is 1.39. The molecule has 1 aromatic rings. The molecule has 1 aromatic heterocycles. The summed E-state index contributed by atoms with van der Waals surface area (Å²) >= 11 is 5.88. The highest BCUT2D eigenvalue weighted by atomic mass is 35.5. The zero-order chi connectivity index (χ0) is 11.5. The first kappa shape index (κ1) is 11.6. The van der Waals surface area contributed by atoms with Crippen LogP contribution in [0, 0.1) is 0 Å². The van der Waals surface area contributed by atoms with Crippen molar-refractivity contribution >= 4 is 17.4 Å². The average Bonchev–Trinajstić information content (AvgIpc) is 3.08. The Morgan fingerprint density at radius 3 is 2.62 bits per heavy atom. The number of rotatable bonds is 5. The normalized spacial score (nSPS) is 15.5. The Morgan fingerprint density at radius 2 is 2.06 bits per heavy atom. The van der Waals surface area contributed by atoms with Crippen molar-refractivity contribution in [2.75, 3.05) is 18.5 Å². The predicted molar refractivity (Wildman–Crippen MR) is 60.6 cm³/mol. The summed E-state index contributed by atoms with van der Waals surface area (Å²) in [6.45, 7) is -0.312. The molecule has 0 amide bonds. The molecule has 88 valence electrons. The van der Waals surface area contributed by atoms with Crippen molar-refractivity contribution in [3.8, 4) is 0 Å². The Labute approximate surface area is 98.5 Å². The van der Waals surface area contributed by atoms with Crippen molar-refractivity contribution < 1.29 is 10.2 Å². The van der Waals surface area contributed by atoms with Crippen LogP contribution in [0.4, 0.5) is 5.82 Å². The van der Waals surface area contributed by atoms with Crippen molar-refractivity contribution in [1.29, 1.82) is 0 Å². The minimum Gasteiger partial charge on any atom is -0.394 e. The predicted octanol–water partition coefficient (Wildman–Crippen LogP) is 0.772. The summed E-state index contributed by atoms with van der Waals surface area (Å²) in [5.41, 5.74) is 0. The first-order valence-electron chi connectivity index (χ1n) is 5.25. The number of anilines is 1. The summed E-state index contributed by atoms with van der Waals surface area (Å²) < 4.78 is 0. The topological polar surface area (TPSA) is 78.3 Å². The van der Waals surface area contributed by atoms with Gasteiger partial charge in [-0.1, -0.05) is 11.6 Å². The molecular weight excluding hydrogens is 230 g/mol. The van der Waals surface area contributed by atoms with Gasteiger partial charge in [-0.05, 0) is 12.8 Å². The smallest absolute Gasteiger partial charge is 0.135 e. The summed E-state index contributed by atoms with van der Waals surface area (Å²) in [6.07, 6.45) is 2.20. The second-order valence-electron chi connectivity index (χ2n) is 3.91. The van der Waals surface area contributed by atoms with Gasteiger partial charge in [-0.25, -0.2) is 9.97 Å². The number of aliphatic hydroxyl groups is 2. The van der Waals surface area contributed by atoms with Crippen molar-refractivity contribution in [2.45, 2.75) is 24.8 Å². The van der Waals surface area contributed by atoms with Gasteiger partial charge in [-0.2, -0.15) is 0 Å². The molecule has 6 heteroatoms. The van der Waals surface area contributed by atoms with E-state index in [1.165, 1.54) is 0 Å². The number of aromatic nitrogens is 2. The molecule has 0 bridgehead atoms. The lowest BCUT2D eigenvalue weighted by Crippen LogP contribution is -2.28. The van der Waals surface area contributed by atoms with Crippen LogP contribution >= 0.6 is 11.6 Å². The third-order valence-corrected chi connectivity index (χ3v) is 2.64. The molecule has 0 atom stereocenters. The molecule has 1 fully saturated rings. The SMILES string of the molecule is OCC(CO)Nc1cc(Cl)nc(C2CC2)n1. The Morgan fingerprint density at radius 1 is 1.38 bits per heavy atom. The second kappa shape index (κ2) is 4.95. The molecule has 5 nitrogen and oxygen atoms in total.